The smallest absolute Gasteiger partial charge is 0.104 e. The van der Waals surface area contributed by atoms with Crippen LogP contribution in [-0.2, 0) is 4.74 Å². The lowest BCUT2D eigenvalue weighted by molar-refractivity contribution is 0.103. The molecule has 0 unspecified atom stereocenters. The van der Waals surface area contributed by atoms with Gasteiger partial charge in [0.05, 0.1) is 19.8 Å². The van der Waals surface area contributed by atoms with Crippen molar-refractivity contribution in [3.05, 3.63) is 0 Å². The highest BCUT2D eigenvalue weighted by Gasteiger charge is 1.93. The molecule has 0 aromatic heterocycles. The van der Waals surface area contributed by atoms with Gasteiger partial charge in [-0.1, -0.05) is 12.2 Å². The molecule has 2 nitrogen and oxygen atoms in total. The highest BCUT2D eigenvalue weighted by Crippen LogP contribution is 2.13. The summed E-state index contributed by atoms with van der Waals surface area (Å²) in [5.74, 6) is 0.875. The van der Waals surface area contributed by atoms with E-state index in [1.165, 1.54) is 0 Å². The van der Waals surface area contributed by atoms with Gasteiger partial charge in [0.1, 0.15) is 3.53 Å². The Morgan fingerprint density at radius 2 is 2.27 bits per heavy atom. The summed E-state index contributed by atoms with van der Waals surface area (Å²) in [6.45, 7) is 1.18. The van der Waals surface area contributed by atoms with Crippen LogP contribution < -0.4 is 0 Å². The van der Waals surface area contributed by atoms with Crippen molar-refractivity contribution in [2.75, 3.05) is 31.8 Å². The van der Waals surface area contributed by atoms with Crippen LogP contribution in [0.25, 0.3) is 0 Å². The van der Waals surface area contributed by atoms with Crippen molar-refractivity contribution in [3.8, 4) is 0 Å². The van der Waals surface area contributed by atoms with Crippen LogP contribution in [0.15, 0.2) is 0 Å². The number of aliphatic hydroxyl groups is 1. The fourth-order valence-electron chi connectivity index (χ4n) is 0.409. The van der Waals surface area contributed by atoms with Crippen LogP contribution >= 0.6 is 35.7 Å². The maximum atomic E-state index is 8.36. The highest BCUT2D eigenvalue weighted by molar-refractivity contribution is 8.47. The van der Waals surface area contributed by atoms with E-state index in [9.17, 15) is 0 Å². The van der Waals surface area contributed by atoms with Gasteiger partial charge in [-0.05, 0) is 6.26 Å². The van der Waals surface area contributed by atoms with Crippen LogP contribution in [0.1, 0.15) is 0 Å². The first-order chi connectivity index (χ1) is 5.31. The Morgan fingerprint density at radius 1 is 1.55 bits per heavy atom. The molecule has 0 heterocycles. The Hall–Kier alpha value is 0.710. The van der Waals surface area contributed by atoms with E-state index in [0.717, 1.165) is 9.28 Å². The molecule has 0 saturated carbocycles. The van der Waals surface area contributed by atoms with Crippen LogP contribution in [0.2, 0.25) is 0 Å². The monoisotopic (exact) mass is 212 g/mol. The largest absolute Gasteiger partial charge is 0.394 e. The second-order valence-electron chi connectivity index (χ2n) is 1.64. The summed E-state index contributed by atoms with van der Waals surface area (Å²) in [6.07, 6.45) is 1.96. The maximum absolute atomic E-state index is 8.36. The minimum atomic E-state index is 0.0949. The minimum Gasteiger partial charge on any atom is -0.394 e. The Morgan fingerprint density at radius 3 is 2.82 bits per heavy atom. The lowest BCUT2D eigenvalue weighted by Crippen LogP contribution is -2.02. The zero-order valence-electron chi connectivity index (χ0n) is 6.41. The van der Waals surface area contributed by atoms with Crippen LogP contribution in [0.4, 0.5) is 0 Å². The number of thiocarbonyl (C=S) groups is 1. The predicted molar refractivity (Wildman–Crippen MR) is 56.5 cm³/mol. The van der Waals surface area contributed by atoms with E-state index in [1.807, 2.05) is 6.26 Å². The van der Waals surface area contributed by atoms with E-state index in [1.54, 1.807) is 23.5 Å². The van der Waals surface area contributed by atoms with Crippen molar-refractivity contribution < 1.29 is 9.84 Å². The van der Waals surface area contributed by atoms with Crippen molar-refractivity contribution in [3.63, 3.8) is 0 Å². The quantitative estimate of drug-likeness (QED) is 0.549. The third kappa shape index (κ3) is 8.62. The average Bonchev–Trinajstić information content (AvgIpc) is 2.04. The molecule has 5 heteroatoms. The van der Waals surface area contributed by atoms with Crippen molar-refractivity contribution in [1.29, 1.82) is 0 Å². The Labute approximate surface area is 81.1 Å². The van der Waals surface area contributed by atoms with Gasteiger partial charge in [-0.3, -0.25) is 0 Å². The van der Waals surface area contributed by atoms with Crippen LogP contribution in [-0.4, -0.2) is 40.5 Å². The van der Waals surface area contributed by atoms with Crippen molar-refractivity contribution in [2.24, 2.45) is 0 Å². The number of ether oxygens (including phenoxy) is 1. The molecule has 0 fully saturated rings. The number of aliphatic hydroxyl groups excluding tert-OH is 1. The van der Waals surface area contributed by atoms with Gasteiger partial charge in [0, 0.05) is 5.75 Å². The molecule has 66 valence electrons. The molecule has 0 saturated heterocycles. The maximum Gasteiger partial charge on any atom is 0.104 e. The van der Waals surface area contributed by atoms with E-state index in [0.29, 0.717) is 13.2 Å². The number of hydrogen-bond donors (Lipinski definition) is 1. The Balaban J connectivity index is 2.95. The molecular formula is C6H12O2S3. The van der Waals surface area contributed by atoms with Crippen LogP contribution in [0.5, 0.6) is 0 Å². The molecule has 0 bridgehead atoms. The van der Waals surface area contributed by atoms with Crippen molar-refractivity contribution >= 4 is 39.3 Å². The van der Waals surface area contributed by atoms with E-state index in [4.69, 9.17) is 22.1 Å². The minimum absolute atomic E-state index is 0.0949. The molecule has 0 atom stereocenters. The zero-order valence-corrected chi connectivity index (χ0v) is 8.86. The third-order valence-corrected chi connectivity index (χ3v) is 3.50. The van der Waals surface area contributed by atoms with Crippen molar-refractivity contribution in [1.82, 2.24) is 0 Å². The molecule has 1 N–H and O–H groups in total. The molecule has 0 amide bonds. The summed E-state index contributed by atoms with van der Waals surface area (Å²) < 4.78 is 5.98. The van der Waals surface area contributed by atoms with Gasteiger partial charge in [0.15, 0.2) is 0 Å². The topological polar surface area (TPSA) is 29.5 Å². The van der Waals surface area contributed by atoms with Gasteiger partial charge in [-0.2, -0.15) is 0 Å². The van der Waals surface area contributed by atoms with Gasteiger partial charge >= 0.3 is 0 Å². The number of rotatable bonds is 5. The van der Waals surface area contributed by atoms with Crippen LogP contribution in [0.3, 0.4) is 0 Å². The summed E-state index contributed by atoms with van der Waals surface area (Å²) in [5, 5.41) is 8.36. The second-order valence-corrected chi connectivity index (χ2v) is 4.74. The fraction of sp³-hybridized carbons (Fsp3) is 0.833. The molecule has 0 spiro atoms. The first-order valence-electron chi connectivity index (χ1n) is 3.20. The number of thioether (sulfide) groups is 2. The lowest BCUT2D eigenvalue weighted by atomic mass is 10.7. The standard InChI is InChI=1S/C6H12O2S3/c1-10-6(9)11-5-4-8-3-2-7/h7H,2-5H2,1H3. The molecular weight excluding hydrogens is 200 g/mol. The average molecular weight is 212 g/mol. The molecule has 0 radical (unpaired) electrons. The number of hydrogen-bond acceptors (Lipinski definition) is 5. The predicted octanol–water partition coefficient (Wildman–Crippen LogP) is 1.38. The summed E-state index contributed by atoms with van der Waals surface area (Å²) >= 11 is 8.15. The molecule has 0 aromatic rings. The van der Waals surface area contributed by atoms with Gasteiger partial charge in [-0.15, -0.1) is 23.5 Å². The van der Waals surface area contributed by atoms with E-state index >= 15 is 0 Å². The first kappa shape index (κ1) is 11.7. The highest BCUT2D eigenvalue weighted by atomic mass is 32.2. The van der Waals surface area contributed by atoms with Gasteiger partial charge in [0.25, 0.3) is 0 Å². The second kappa shape index (κ2) is 8.80. The van der Waals surface area contributed by atoms with E-state index < -0.39 is 0 Å². The zero-order chi connectivity index (χ0) is 8.53. The molecule has 0 aliphatic carbocycles. The molecule has 0 aliphatic rings. The van der Waals surface area contributed by atoms with Gasteiger partial charge in [-0.25, -0.2) is 0 Å². The summed E-state index contributed by atoms with van der Waals surface area (Å²) in [6, 6.07) is 0. The SMILES string of the molecule is CSC(=S)SCCOCCO. The van der Waals surface area contributed by atoms with Crippen LogP contribution in [0, 0.1) is 0 Å². The third-order valence-electron chi connectivity index (χ3n) is 0.850. The fourth-order valence-corrected chi connectivity index (χ4v) is 1.75. The summed E-state index contributed by atoms with van der Waals surface area (Å²) in [5.41, 5.74) is 0. The van der Waals surface area contributed by atoms with E-state index in [-0.39, 0.29) is 6.61 Å². The Bertz CT molecular complexity index is 108. The normalized spacial score (nSPS) is 10.0. The van der Waals surface area contributed by atoms with Gasteiger partial charge < -0.3 is 9.84 Å². The lowest BCUT2D eigenvalue weighted by Gasteiger charge is -2.00. The first-order valence-corrected chi connectivity index (χ1v) is 5.82. The summed E-state index contributed by atoms with van der Waals surface area (Å²) in [7, 11) is 0. The molecule has 0 rings (SSSR count). The van der Waals surface area contributed by atoms with Crippen molar-refractivity contribution in [2.45, 2.75) is 0 Å². The molecule has 11 heavy (non-hydrogen) atoms. The molecule has 0 aromatic carbocycles. The van der Waals surface area contributed by atoms with E-state index in [2.05, 4.69) is 0 Å². The summed E-state index contributed by atoms with van der Waals surface area (Å²) in [4.78, 5) is 0. The molecule has 0 aliphatic heterocycles. The Kier molecular flexibility index (Phi) is 9.37. The van der Waals surface area contributed by atoms with Gasteiger partial charge in [0.2, 0.25) is 0 Å².